The molecule has 1 amide bonds. The lowest BCUT2D eigenvalue weighted by Gasteiger charge is -2.19. The molecule has 0 aliphatic carbocycles. The van der Waals surface area contributed by atoms with Crippen molar-refractivity contribution in [2.45, 2.75) is 0 Å². The zero-order valence-electron chi connectivity index (χ0n) is 8.73. The Kier molecular flexibility index (Phi) is 4.38. The van der Waals surface area contributed by atoms with Gasteiger partial charge in [-0.15, -0.1) is 0 Å². The molecular weight excluding hydrogens is 440 g/mol. The van der Waals surface area contributed by atoms with Crippen LogP contribution in [0.2, 0.25) is 0 Å². The lowest BCUT2D eigenvalue weighted by Crippen LogP contribution is -2.16. The number of nitrogens with zero attached hydrogens (tertiary/aromatic N) is 1. The third kappa shape index (κ3) is 2.79. The summed E-state index contributed by atoms with van der Waals surface area (Å²) >= 11 is 4.43. The molecule has 1 radical (unpaired) electrons. The first kappa shape index (κ1) is 12.8. The Labute approximate surface area is 127 Å². The molecule has 2 nitrogen and oxygen atoms in total. The van der Waals surface area contributed by atoms with Gasteiger partial charge in [0, 0.05) is 7.14 Å². The molecule has 2 aromatic rings. The molecule has 2 aromatic carbocycles. The minimum absolute atomic E-state index is 0.854. The normalized spacial score (nSPS) is 10.0. The summed E-state index contributed by atoms with van der Waals surface area (Å²) in [6.45, 7) is 0. The van der Waals surface area contributed by atoms with Crippen molar-refractivity contribution in [1.29, 1.82) is 0 Å². The van der Waals surface area contributed by atoms with Crippen molar-refractivity contribution in [3.8, 4) is 0 Å². The second-order valence-corrected chi connectivity index (χ2v) is 5.65. The summed E-state index contributed by atoms with van der Waals surface area (Å²) < 4.78 is 2.04. The summed E-state index contributed by atoms with van der Waals surface area (Å²) in [5.41, 5.74) is 1.71. The van der Waals surface area contributed by atoms with Gasteiger partial charge in [-0.05, 0) is 69.4 Å². The average molecular weight is 448 g/mol. The van der Waals surface area contributed by atoms with Crippen molar-refractivity contribution in [3.63, 3.8) is 0 Å². The van der Waals surface area contributed by atoms with Crippen molar-refractivity contribution < 1.29 is 4.79 Å². The van der Waals surface area contributed by atoms with Gasteiger partial charge in [0.1, 0.15) is 0 Å². The lowest BCUT2D eigenvalue weighted by atomic mass is 10.2. The Morgan fingerprint density at radius 2 is 1.24 bits per heavy atom. The van der Waals surface area contributed by atoms with Crippen LogP contribution < -0.4 is 4.90 Å². The van der Waals surface area contributed by atoms with E-state index >= 15 is 0 Å². The Morgan fingerprint density at radius 1 is 0.824 bits per heavy atom. The Hall–Kier alpha value is -0.630. The Balaban J connectivity index is 2.52. The highest BCUT2D eigenvalue weighted by atomic mass is 127. The van der Waals surface area contributed by atoms with Gasteiger partial charge in [0.2, 0.25) is 0 Å². The number of hydrogen-bond donors (Lipinski definition) is 0. The first-order valence-corrected chi connectivity index (χ1v) is 7.07. The van der Waals surface area contributed by atoms with Crippen molar-refractivity contribution in [1.82, 2.24) is 0 Å². The van der Waals surface area contributed by atoms with E-state index in [0.717, 1.165) is 18.5 Å². The van der Waals surface area contributed by atoms with E-state index in [1.807, 2.05) is 54.9 Å². The van der Waals surface area contributed by atoms with E-state index in [0.29, 0.717) is 0 Å². The maximum absolute atomic E-state index is 11.2. The van der Waals surface area contributed by atoms with Crippen LogP contribution in [0.1, 0.15) is 0 Å². The van der Waals surface area contributed by atoms with E-state index in [-0.39, 0.29) is 0 Å². The standard InChI is InChI=1S/C13H8I2NO/c14-10-5-1-3-7-12(10)16(9-17)13-8-4-2-6-11(13)15/h1-8H. The molecule has 17 heavy (non-hydrogen) atoms. The Bertz CT molecular complexity index is 497. The van der Waals surface area contributed by atoms with E-state index < -0.39 is 0 Å². The smallest absolute Gasteiger partial charge is 0.271 e. The summed E-state index contributed by atoms with van der Waals surface area (Å²) in [7, 11) is 0. The quantitative estimate of drug-likeness (QED) is 0.512. The SMILES string of the molecule is O=[C]N(c1ccccc1I)c1ccccc1I. The van der Waals surface area contributed by atoms with E-state index in [1.165, 1.54) is 0 Å². The highest BCUT2D eigenvalue weighted by Crippen LogP contribution is 2.31. The molecule has 85 valence electrons. The summed E-state index contributed by atoms with van der Waals surface area (Å²) in [6, 6.07) is 15.5. The number of amides is 1. The second-order valence-electron chi connectivity index (χ2n) is 3.33. The van der Waals surface area contributed by atoms with Gasteiger partial charge in [0.15, 0.2) is 0 Å². The van der Waals surface area contributed by atoms with Gasteiger partial charge in [0.25, 0.3) is 0 Å². The van der Waals surface area contributed by atoms with E-state index in [4.69, 9.17) is 0 Å². The van der Waals surface area contributed by atoms with Crippen LogP contribution in [-0.2, 0) is 4.79 Å². The zero-order chi connectivity index (χ0) is 12.3. The van der Waals surface area contributed by atoms with Gasteiger partial charge in [0.05, 0.1) is 11.4 Å². The molecule has 0 spiro atoms. The van der Waals surface area contributed by atoms with E-state index in [9.17, 15) is 4.79 Å². The summed E-state index contributed by atoms with van der Waals surface area (Å²) in [4.78, 5) is 12.7. The molecule has 0 atom stereocenters. The molecule has 0 aliphatic heterocycles. The van der Waals surface area contributed by atoms with E-state index in [1.54, 1.807) is 4.90 Å². The summed E-state index contributed by atoms with van der Waals surface area (Å²) in [6.07, 6.45) is 1.99. The summed E-state index contributed by atoms with van der Waals surface area (Å²) in [5, 5.41) is 0. The van der Waals surface area contributed by atoms with Crippen molar-refractivity contribution in [2.24, 2.45) is 0 Å². The van der Waals surface area contributed by atoms with Crippen LogP contribution in [0.5, 0.6) is 0 Å². The minimum Gasteiger partial charge on any atom is -0.271 e. The highest BCUT2D eigenvalue weighted by molar-refractivity contribution is 14.1. The first-order chi connectivity index (χ1) is 8.24. The fourth-order valence-corrected chi connectivity index (χ4v) is 2.75. The number of para-hydroxylation sites is 2. The third-order valence-electron chi connectivity index (χ3n) is 2.28. The molecule has 2 rings (SSSR count). The van der Waals surface area contributed by atoms with Crippen molar-refractivity contribution in [2.75, 3.05) is 4.90 Å². The van der Waals surface area contributed by atoms with Crippen LogP contribution in [0.15, 0.2) is 48.5 Å². The van der Waals surface area contributed by atoms with Gasteiger partial charge in [-0.25, -0.2) is 0 Å². The maximum atomic E-state index is 11.2. The number of rotatable bonds is 3. The van der Waals surface area contributed by atoms with Crippen LogP contribution in [-0.4, -0.2) is 6.41 Å². The number of anilines is 2. The molecule has 0 saturated heterocycles. The topological polar surface area (TPSA) is 20.3 Å². The molecule has 0 aromatic heterocycles. The number of carbonyl (C=O) groups excluding carboxylic acids is 1. The second kappa shape index (κ2) is 5.81. The monoisotopic (exact) mass is 448 g/mol. The van der Waals surface area contributed by atoms with Crippen molar-refractivity contribution >= 4 is 63.0 Å². The zero-order valence-corrected chi connectivity index (χ0v) is 13.0. The van der Waals surface area contributed by atoms with Gasteiger partial charge >= 0.3 is 6.41 Å². The fourth-order valence-electron chi connectivity index (χ4n) is 1.49. The molecule has 0 saturated carbocycles. The molecule has 0 bridgehead atoms. The predicted molar refractivity (Wildman–Crippen MR) is 86.2 cm³/mol. The lowest BCUT2D eigenvalue weighted by molar-refractivity contribution is 0.556. The minimum atomic E-state index is 0.854. The van der Waals surface area contributed by atoms with Crippen LogP contribution in [0.3, 0.4) is 0 Å². The third-order valence-corrected chi connectivity index (χ3v) is 4.10. The van der Waals surface area contributed by atoms with Crippen LogP contribution >= 0.6 is 45.2 Å². The number of halogens is 2. The number of hydrogen-bond acceptors (Lipinski definition) is 1. The highest BCUT2D eigenvalue weighted by Gasteiger charge is 2.14. The molecule has 4 heteroatoms. The van der Waals surface area contributed by atoms with Crippen molar-refractivity contribution in [3.05, 3.63) is 55.7 Å². The molecule has 0 N–H and O–H groups in total. The average Bonchev–Trinajstić information content (AvgIpc) is 2.34. The van der Waals surface area contributed by atoms with Crippen LogP contribution in [0.4, 0.5) is 11.4 Å². The van der Waals surface area contributed by atoms with Gasteiger partial charge in [-0.1, -0.05) is 24.3 Å². The largest absolute Gasteiger partial charge is 0.321 e. The van der Waals surface area contributed by atoms with Gasteiger partial charge in [-0.3, -0.25) is 9.69 Å². The predicted octanol–water partition coefficient (Wildman–Crippen LogP) is 4.10. The van der Waals surface area contributed by atoms with Crippen LogP contribution in [0.25, 0.3) is 0 Å². The molecule has 0 heterocycles. The van der Waals surface area contributed by atoms with Crippen LogP contribution in [0, 0.1) is 7.14 Å². The first-order valence-electron chi connectivity index (χ1n) is 4.91. The fraction of sp³-hybridized carbons (Fsp3) is 0. The molecule has 0 unspecified atom stereocenters. The number of benzene rings is 2. The van der Waals surface area contributed by atoms with Gasteiger partial charge in [-0.2, -0.15) is 0 Å². The Morgan fingerprint density at radius 3 is 1.59 bits per heavy atom. The molecular formula is C13H8I2NO. The van der Waals surface area contributed by atoms with E-state index in [2.05, 4.69) is 45.2 Å². The van der Waals surface area contributed by atoms with Gasteiger partial charge < -0.3 is 0 Å². The molecule has 0 aliphatic rings. The maximum Gasteiger partial charge on any atom is 0.321 e. The summed E-state index contributed by atoms with van der Waals surface area (Å²) in [5.74, 6) is 0. The molecule has 0 fully saturated rings.